The van der Waals surface area contributed by atoms with Crippen molar-refractivity contribution in [2.24, 2.45) is 5.14 Å². The highest BCUT2D eigenvalue weighted by Crippen LogP contribution is 2.39. The first-order valence-electron chi connectivity index (χ1n) is 8.11. The first kappa shape index (κ1) is 20.2. The number of benzene rings is 2. The van der Waals surface area contributed by atoms with E-state index in [0.717, 1.165) is 0 Å². The third-order valence-electron chi connectivity index (χ3n) is 4.09. The molecular formula is C19H16ClF2N3O2S. The quantitative estimate of drug-likeness (QED) is 0.586. The van der Waals surface area contributed by atoms with Gasteiger partial charge in [-0.1, -0.05) is 41.9 Å². The molecule has 0 fully saturated rings. The van der Waals surface area contributed by atoms with E-state index in [2.05, 4.69) is 11.7 Å². The summed E-state index contributed by atoms with van der Waals surface area (Å²) in [5.41, 5.74) is 1.27. The fraction of sp³-hybridized carbons (Fsp3) is 0.105. The van der Waals surface area contributed by atoms with Gasteiger partial charge in [-0.25, -0.2) is 22.3 Å². The maximum atomic E-state index is 13.9. The molecule has 0 radical (unpaired) electrons. The van der Waals surface area contributed by atoms with Crippen molar-refractivity contribution in [3.05, 3.63) is 71.9 Å². The van der Waals surface area contributed by atoms with Crippen molar-refractivity contribution < 1.29 is 17.2 Å². The second-order valence-electron chi connectivity index (χ2n) is 5.96. The Kier molecular flexibility index (Phi) is 5.64. The first-order valence-corrected chi connectivity index (χ1v) is 10.0. The molecule has 1 heterocycles. The van der Waals surface area contributed by atoms with Crippen LogP contribution in [0.3, 0.4) is 0 Å². The van der Waals surface area contributed by atoms with Crippen molar-refractivity contribution in [2.45, 2.75) is 17.9 Å². The standard InChI is InChI=1S/C19H16ClF2N3O2S/c1-2-11-25-18(19(21)22)16(12-3-7-14(20)8-4-12)17(24-25)13-5-9-15(10-6-13)28(23,26)27/h2-10,19H,1,11H2,(H2,23,26,27). The van der Waals surface area contributed by atoms with Crippen molar-refractivity contribution in [1.82, 2.24) is 9.78 Å². The molecule has 0 saturated carbocycles. The molecule has 0 aliphatic carbocycles. The smallest absolute Gasteiger partial charge is 0.259 e. The van der Waals surface area contributed by atoms with E-state index >= 15 is 0 Å². The second-order valence-corrected chi connectivity index (χ2v) is 7.95. The van der Waals surface area contributed by atoms with Crippen LogP contribution in [0.1, 0.15) is 12.1 Å². The predicted octanol–water partition coefficient (Wildman–Crippen LogP) is 4.64. The summed E-state index contributed by atoms with van der Waals surface area (Å²) in [5, 5.41) is 9.92. The number of nitrogens with zero attached hydrogens (tertiary/aromatic N) is 2. The molecule has 28 heavy (non-hydrogen) atoms. The third-order valence-corrected chi connectivity index (χ3v) is 5.27. The summed E-state index contributed by atoms with van der Waals surface area (Å²) >= 11 is 5.92. The number of hydrogen-bond acceptors (Lipinski definition) is 3. The van der Waals surface area contributed by atoms with E-state index in [1.165, 1.54) is 35.0 Å². The molecule has 0 atom stereocenters. The summed E-state index contributed by atoms with van der Waals surface area (Å²) in [7, 11) is -3.87. The van der Waals surface area contributed by atoms with Gasteiger partial charge in [0.1, 0.15) is 11.4 Å². The molecule has 0 saturated heterocycles. The number of primary sulfonamides is 1. The summed E-state index contributed by atoms with van der Waals surface area (Å²) in [5.74, 6) is 0. The summed E-state index contributed by atoms with van der Waals surface area (Å²) in [6.45, 7) is 3.68. The van der Waals surface area contributed by atoms with Gasteiger partial charge < -0.3 is 0 Å². The minimum Gasteiger partial charge on any atom is -0.259 e. The van der Waals surface area contributed by atoms with Crippen LogP contribution in [0.25, 0.3) is 22.4 Å². The van der Waals surface area contributed by atoms with Gasteiger partial charge in [0.2, 0.25) is 10.0 Å². The van der Waals surface area contributed by atoms with Gasteiger partial charge in [0, 0.05) is 16.1 Å². The Morgan fingerprint density at radius 1 is 1.11 bits per heavy atom. The van der Waals surface area contributed by atoms with Crippen molar-refractivity contribution >= 4 is 21.6 Å². The SMILES string of the molecule is C=CCn1nc(-c2ccc(S(N)(=O)=O)cc2)c(-c2ccc(Cl)cc2)c1C(F)F. The predicted molar refractivity (Wildman–Crippen MR) is 105 cm³/mol. The molecule has 0 unspecified atom stereocenters. The number of alkyl halides is 2. The zero-order chi connectivity index (χ0) is 20.5. The zero-order valence-electron chi connectivity index (χ0n) is 14.5. The van der Waals surface area contributed by atoms with E-state index in [0.29, 0.717) is 21.8 Å². The molecule has 0 spiro atoms. The summed E-state index contributed by atoms with van der Waals surface area (Å²) in [4.78, 5) is -0.0797. The lowest BCUT2D eigenvalue weighted by Crippen LogP contribution is -2.11. The molecule has 9 heteroatoms. The largest absolute Gasteiger partial charge is 0.280 e. The summed E-state index contributed by atoms with van der Waals surface area (Å²) in [6, 6.07) is 12.0. The number of allylic oxidation sites excluding steroid dienone is 1. The minimum absolute atomic E-state index is 0.0797. The number of nitrogens with two attached hydrogens (primary N) is 1. The van der Waals surface area contributed by atoms with Crippen LogP contribution >= 0.6 is 11.6 Å². The Bertz CT molecular complexity index is 1110. The van der Waals surface area contributed by atoms with Crippen LogP contribution < -0.4 is 5.14 Å². The van der Waals surface area contributed by atoms with Gasteiger partial charge in [0.25, 0.3) is 6.43 Å². The summed E-state index contributed by atoms with van der Waals surface area (Å²) in [6.07, 6.45) is -1.31. The van der Waals surface area contributed by atoms with Gasteiger partial charge in [-0.05, 0) is 29.8 Å². The fourth-order valence-electron chi connectivity index (χ4n) is 2.86. The molecular weight excluding hydrogens is 408 g/mol. The lowest BCUT2D eigenvalue weighted by atomic mass is 9.99. The summed E-state index contributed by atoms with van der Waals surface area (Å²) < 4.78 is 51.9. The minimum atomic E-state index is -3.87. The van der Waals surface area contributed by atoms with Crippen LogP contribution in [0.15, 0.2) is 66.1 Å². The maximum Gasteiger partial charge on any atom is 0.280 e. The molecule has 1 aromatic heterocycles. The molecule has 0 aliphatic heterocycles. The van der Waals surface area contributed by atoms with Gasteiger partial charge in [0.15, 0.2) is 0 Å². The van der Waals surface area contributed by atoms with E-state index in [9.17, 15) is 17.2 Å². The lowest BCUT2D eigenvalue weighted by molar-refractivity contribution is 0.140. The van der Waals surface area contributed by atoms with Crippen molar-refractivity contribution in [2.75, 3.05) is 0 Å². The van der Waals surface area contributed by atoms with Crippen LogP contribution in [0.4, 0.5) is 8.78 Å². The topological polar surface area (TPSA) is 78.0 Å². The molecule has 0 bridgehead atoms. The third kappa shape index (κ3) is 3.99. The highest BCUT2D eigenvalue weighted by Gasteiger charge is 2.26. The Morgan fingerprint density at radius 3 is 2.18 bits per heavy atom. The monoisotopic (exact) mass is 423 g/mol. The molecule has 3 rings (SSSR count). The number of hydrogen-bond donors (Lipinski definition) is 1. The van der Waals surface area contributed by atoms with E-state index in [-0.39, 0.29) is 22.7 Å². The van der Waals surface area contributed by atoms with Gasteiger partial charge in [-0.15, -0.1) is 6.58 Å². The number of sulfonamides is 1. The van der Waals surface area contributed by atoms with E-state index in [4.69, 9.17) is 16.7 Å². The maximum absolute atomic E-state index is 13.9. The lowest BCUT2D eigenvalue weighted by Gasteiger charge is -2.08. The Morgan fingerprint density at radius 2 is 1.68 bits per heavy atom. The van der Waals surface area contributed by atoms with Crippen molar-refractivity contribution in [3.63, 3.8) is 0 Å². The Labute approximate surface area is 166 Å². The van der Waals surface area contributed by atoms with Crippen LogP contribution in [0, 0.1) is 0 Å². The average Bonchev–Trinajstić information content (AvgIpc) is 3.01. The van der Waals surface area contributed by atoms with Crippen LogP contribution in [0.2, 0.25) is 5.02 Å². The van der Waals surface area contributed by atoms with Gasteiger partial charge >= 0.3 is 0 Å². The van der Waals surface area contributed by atoms with Crippen molar-refractivity contribution in [1.29, 1.82) is 0 Å². The molecule has 3 aromatic rings. The van der Waals surface area contributed by atoms with E-state index < -0.39 is 16.4 Å². The highest BCUT2D eigenvalue weighted by atomic mass is 35.5. The van der Waals surface area contributed by atoms with Crippen molar-refractivity contribution in [3.8, 4) is 22.4 Å². The molecule has 2 N–H and O–H groups in total. The second kappa shape index (κ2) is 7.83. The average molecular weight is 424 g/mol. The van der Waals surface area contributed by atoms with Crippen LogP contribution in [-0.2, 0) is 16.6 Å². The fourth-order valence-corrected chi connectivity index (χ4v) is 3.51. The van der Waals surface area contributed by atoms with E-state index in [1.54, 1.807) is 24.3 Å². The van der Waals surface area contributed by atoms with Crippen LogP contribution in [-0.4, -0.2) is 18.2 Å². The van der Waals surface area contributed by atoms with E-state index in [1.807, 2.05) is 0 Å². The number of rotatable bonds is 6. The zero-order valence-corrected chi connectivity index (χ0v) is 16.1. The van der Waals surface area contributed by atoms with Gasteiger partial charge in [-0.2, -0.15) is 5.10 Å². The molecule has 5 nitrogen and oxygen atoms in total. The number of aromatic nitrogens is 2. The number of halogens is 3. The van der Waals surface area contributed by atoms with Gasteiger partial charge in [0.05, 0.1) is 11.4 Å². The van der Waals surface area contributed by atoms with Gasteiger partial charge in [-0.3, -0.25) is 4.68 Å². The highest BCUT2D eigenvalue weighted by molar-refractivity contribution is 7.89. The Hall–Kier alpha value is -2.55. The molecule has 146 valence electrons. The van der Waals surface area contributed by atoms with Crippen LogP contribution in [0.5, 0.6) is 0 Å². The molecule has 2 aromatic carbocycles. The normalized spacial score (nSPS) is 11.8. The molecule has 0 amide bonds. The Balaban J connectivity index is 2.26. The first-order chi connectivity index (χ1) is 13.2. The molecule has 0 aliphatic rings.